The van der Waals surface area contributed by atoms with Crippen LogP contribution >= 0.6 is 11.8 Å². The fourth-order valence-corrected chi connectivity index (χ4v) is 4.10. The lowest BCUT2D eigenvalue weighted by atomic mass is 10.1. The van der Waals surface area contributed by atoms with E-state index in [1.165, 1.54) is 28.9 Å². The molecule has 4 rings (SSSR count). The molecule has 1 amide bonds. The Morgan fingerprint density at radius 2 is 1.91 bits per heavy atom. The molecule has 1 N–H and O–H groups in total. The molecule has 0 spiro atoms. The van der Waals surface area contributed by atoms with Gasteiger partial charge >= 0.3 is 0 Å². The standard InChI is InChI=1S/C23H21N5O4S/c1-2-3-4-20-26-27-21(24)19(22(29)25-23(27)33-20)13-15-7-11-18(12-8-15)32-14-16-5-9-17(10-6-16)28(30)31/h5-13,24H,2-4,14H2,1H3/b19-13-,24-21?. The Hall–Kier alpha value is -3.79. The van der Waals surface area contributed by atoms with Gasteiger partial charge in [-0.2, -0.15) is 15.1 Å². The van der Waals surface area contributed by atoms with Crippen molar-refractivity contribution in [2.75, 3.05) is 0 Å². The third kappa shape index (κ3) is 5.17. The van der Waals surface area contributed by atoms with Gasteiger partial charge in [-0.3, -0.25) is 20.3 Å². The third-order valence-corrected chi connectivity index (χ3v) is 5.95. The average Bonchev–Trinajstić information content (AvgIpc) is 3.23. The van der Waals surface area contributed by atoms with E-state index in [0.717, 1.165) is 35.4 Å². The lowest BCUT2D eigenvalue weighted by Crippen LogP contribution is -2.35. The second-order valence-corrected chi connectivity index (χ2v) is 8.44. The van der Waals surface area contributed by atoms with Crippen LogP contribution in [-0.4, -0.2) is 31.9 Å². The number of amidine groups is 2. The van der Waals surface area contributed by atoms with Gasteiger partial charge < -0.3 is 4.74 Å². The molecule has 0 aliphatic carbocycles. The van der Waals surface area contributed by atoms with Crippen LogP contribution in [0.3, 0.4) is 0 Å². The molecule has 0 atom stereocenters. The zero-order chi connectivity index (χ0) is 23.4. The molecule has 10 heteroatoms. The molecule has 0 fully saturated rings. The number of nitro benzene ring substituents is 1. The second-order valence-electron chi connectivity index (χ2n) is 7.40. The summed E-state index contributed by atoms with van der Waals surface area (Å²) in [6.07, 6.45) is 4.46. The van der Waals surface area contributed by atoms with Gasteiger partial charge in [0.2, 0.25) is 5.17 Å². The van der Waals surface area contributed by atoms with E-state index in [1.807, 2.05) is 0 Å². The summed E-state index contributed by atoms with van der Waals surface area (Å²) in [5, 5.41) is 26.3. The lowest BCUT2D eigenvalue weighted by molar-refractivity contribution is -0.384. The number of rotatable bonds is 8. The van der Waals surface area contributed by atoms with Crippen LogP contribution in [0.2, 0.25) is 0 Å². The topological polar surface area (TPSA) is 121 Å². The first kappa shape index (κ1) is 22.4. The van der Waals surface area contributed by atoms with Crippen LogP contribution in [0.1, 0.15) is 37.3 Å². The minimum absolute atomic E-state index is 0.0162. The Labute approximate surface area is 194 Å². The van der Waals surface area contributed by atoms with E-state index in [0.29, 0.717) is 10.9 Å². The summed E-state index contributed by atoms with van der Waals surface area (Å²) < 4.78 is 5.73. The van der Waals surface area contributed by atoms with Crippen LogP contribution in [0.25, 0.3) is 6.08 Å². The molecule has 2 aromatic rings. The fraction of sp³-hybridized carbons (Fsp3) is 0.217. The van der Waals surface area contributed by atoms with Crippen LogP contribution < -0.4 is 4.74 Å². The Balaban J connectivity index is 1.42. The van der Waals surface area contributed by atoms with Crippen molar-refractivity contribution < 1.29 is 14.5 Å². The molecule has 0 radical (unpaired) electrons. The van der Waals surface area contributed by atoms with Crippen molar-refractivity contribution in [2.45, 2.75) is 32.8 Å². The SMILES string of the molecule is CCCCC1=NN2C(=N)/C(=C/c3ccc(OCc4ccc([N+](=O)[O-])cc4)cc3)C(=O)N=C2S1. The number of hydrogen-bond donors (Lipinski definition) is 1. The van der Waals surface area contributed by atoms with Gasteiger partial charge in [0.25, 0.3) is 11.6 Å². The maximum absolute atomic E-state index is 12.5. The number of non-ortho nitro benzene ring substituents is 1. The summed E-state index contributed by atoms with van der Waals surface area (Å²) in [5.74, 6) is 0.175. The van der Waals surface area contributed by atoms with Gasteiger partial charge in [0.1, 0.15) is 17.4 Å². The molecule has 0 saturated heterocycles. The first-order valence-corrected chi connectivity index (χ1v) is 11.2. The van der Waals surface area contributed by atoms with Gasteiger partial charge in [0.05, 0.1) is 10.5 Å². The number of carbonyl (C=O) groups excluding carboxylic acids is 1. The Morgan fingerprint density at radius 1 is 1.18 bits per heavy atom. The van der Waals surface area contributed by atoms with Gasteiger partial charge in [-0.15, -0.1) is 0 Å². The van der Waals surface area contributed by atoms with E-state index >= 15 is 0 Å². The van der Waals surface area contributed by atoms with E-state index in [-0.39, 0.29) is 23.7 Å². The van der Waals surface area contributed by atoms with Crippen LogP contribution in [0, 0.1) is 15.5 Å². The van der Waals surface area contributed by atoms with Crippen molar-refractivity contribution in [3.05, 3.63) is 75.3 Å². The Kier molecular flexibility index (Phi) is 6.64. The predicted octanol–water partition coefficient (Wildman–Crippen LogP) is 4.98. The smallest absolute Gasteiger partial charge is 0.283 e. The highest BCUT2D eigenvalue weighted by Crippen LogP contribution is 2.30. The average molecular weight is 464 g/mol. The molecule has 2 aliphatic heterocycles. The van der Waals surface area contributed by atoms with Crippen molar-refractivity contribution in [1.82, 2.24) is 5.01 Å². The minimum atomic E-state index is -0.454. The number of unbranched alkanes of at least 4 members (excludes halogenated alkanes) is 1. The largest absolute Gasteiger partial charge is 0.489 e. The third-order valence-electron chi connectivity index (χ3n) is 4.98. The predicted molar refractivity (Wildman–Crippen MR) is 128 cm³/mol. The lowest BCUT2D eigenvalue weighted by Gasteiger charge is -2.20. The van der Waals surface area contributed by atoms with Gasteiger partial charge in [-0.05, 0) is 66.1 Å². The summed E-state index contributed by atoms with van der Waals surface area (Å²) in [6.45, 7) is 2.37. The molecule has 2 heterocycles. The molecular formula is C23H21N5O4S. The Bertz CT molecular complexity index is 1190. The highest BCUT2D eigenvalue weighted by Gasteiger charge is 2.35. The zero-order valence-corrected chi connectivity index (χ0v) is 18.7. The normalized spacial score (nSPS) is 16.5. The number of thioether (sulfide) groups is 1. The monoisotopic (exact) mass is 463 g/mol. The molecular weight excluding hydrogens is 442 g/mol. The van der Waals surface area contributed by atoms with Gasteiger partial charge in [0, 0.05) is 12.1 Å². The number of nitro groups is 1. The number of nitrogens with zero attached hydrogens (tertiary/aromatic N) is 4. The van der Waals surface area contributed by atoms with E-state index in [2.05, 4.69) is 17.0 Å². The van der Waals surface area contributed by atoms with Crippen molar-refractivity contribution in [3.63, 3.8) is 0 Å². The van der Waals surface area contributed by atoms with Crippen LogP contribution in [0.4, 0.5) is 5.69 Å². The summed E-state index contributed by atoms with van der Waals surface area (Å²) in [4.78, 5) is 26.9. The summed E-state index contributed by atoms with van der Waals surface area (Å²) in [6, 6.07) is 13.3. The van der Waals surface area contributed by atoms with Gasteiger partial charge in [-0.1, -0.05) is 25.5 Å². The minimum Gasteiger partial charge on any atom is -0.489 e. The molecule has 0 aromatic heterocycles. The summed E-state index contributed by atoms with van der Waals surface area (Å²) in [7, 11) is 0. The summed E-state index contributed by atoms with van der Waals surface area (Å²) in [5.41, 5.74) is 1.75. The molecule has 2 aliphatic rings. The van der Waals surface area contributed by atoms with Crippen molar-refractivity contribution in [2.24, 2.45) is 10.1 Å². The number of nitrogens with one attached hydrogen (secondary N) is 1. The van der Waals surface area contributed by atoms with Crippen molar-refractivity contribution >= 4 is 45.5 Å². The highest BCUT2D eigenvalue weighted by molar-refractivity contribution is 8.26. The maximum atomic E-state index is 12.5. The van der Waals surface area contributed by atoms with E-state index in [9.17, 15) is 14.9 Å². The molecule has 9 nitrogen and oxygen atoms in total. The van der Waals surface area contributed by atoms with Gasteiger partial charge in [0.15, 0.2) is 5.84 Å². The van der Waals surface area contributed by atoms with Crippen molar-refractivity contribution in [1.29, 1.82) is 5.41 Å². The molecule has 2 aromatic carbocycles. The van der Waals surface area contributed by atoms with Crippen LogP contribution in [0.5, 0.6) is 5.75 Å². The van der Waals surface area contributed by atoms with E-state index in [1.54, 1.807) is 42.5 Å². The quantitative estimate of drug-likeness (QED) is 0.335. The number of amides is 1. The highest BCUT2D eigenvalue weighted by atomic mass is 32.2. The fourth-order valence-electron chi connectivity index (χ4n) is 3.17. The molecule has 0 bridgehead atoms. The Morgan fingerprint density at radius 3 is 2.58 bits per heavy atom. The number of carbonyl (C=O) groups is 1. The van der Waals surface area contributed by atoms with Crippen LogP contribution in [-0.2, 0) is 11.4 Å². The first-order valence-electron chi connectivity index (χ1n) is 10.4. The van der Waals surface area contributed by atoms with E-state index in [4.69, 9.17) is 10.1 Å². The van der Waals surface area contributed by atoms with Crippen LogP contribution in [0.15, 0.2) is 64.2 Å². The number of hydrazone groups is 1. The molecule has 33 heavy (non-hydrogen) atoms. The molecule has 168 valence electrons. The van der Waals surface area contributed by atoms with Gasteiger partial charge in [-0.25, -0.2) is 0 Å². The maximum Gasteiger partial charge on any atom is 0.283 e. The second kappa shape index (κ2) is 9.78. The number of fused-ring (bicyclic) bond motifs is 1. The number of ether oxygens (including phenoxy) is 1. The molecule has 0 saturated carbocycles. The number of benzene rings is 2. The number of hydrogen-bond acceptors (Lipinski definition) is 7. The first-order chi connectivity index (χ1) is 15.9. The summed E-state index contributed by atoms with van der Waals surface area (Å²) >= 11 is 1.35. The molecule has 0 unspecified atom stereocenters. The zero-order valence-electron chi connectivity index (χ0n) is 17.9. The van der Waals surface area contributed by atoms with Crippen molar-refractivity contribution in [3.8, 4) is 5.75 Å². The number of aliphatic imine (C=N–C) groups is 1. The van der Waals surface area contributed by atoms with E-state index < -0.39 is 10.8 Å².